The molecule has 0 bridgehead atoms. The van der Waals surface area contributed by atoms with E-state index in [0.29, 0.717) is 55.2 Å². The number of rotatable bonds is 14. The molecule has 3 nitrogen and oxygen atoms in total. The van der Waals surface area contributed by atoms with Gasteiger partial charge in [-0.2, -0.15) is 0 Å². The first-order chi connectivity index (χ1) is 29.4. The van der Waals surface area contributed by atoms with E-state index in [9.17, 15) is 9.59 Å². The second kappa shape index (κ2) is 19.1. The predicted octanol–water partition coefficient (Wildman–Crippen LogP) is 15.9. The average molecular weight is 921 g/mol. The van der Waals surface area contributed by atoms with Gasteiger partial charge in [0.05, 0.1) is 12.2 Å². The van der Waals surface area contributed by atoms with Crippen molar-refractivity contribution in [3.05, 3.63) is 209 Å². The van der Waals surface area contributed by atoms with Crippen LogP contribution in [0.5, 0.6) is 0 Å². The van der Waals surface area contributed by atoms with Crippen molar-refractivity contribution in [3.8, 4) is 0 Å². The molecular weight excluding hydrogens is 862 g/mol. The summed E-state index contributed by atoms with van der Waals surface area (Å²) in [6, 6.07) is 43.1. The molecular formula is C56H58Cl4O3. The molecule has 0 spiro atoms. The first-order valence-electron chi connectivity index (χ1n) is 21.5. The zero-order valence-electron chi connectivity index (χ0n) is 38.0. The number of carbonyl (C=O) groups excluding carboxylic acids is 2. The van der Waals surface area contributed by atoms with Gasteiger partial charge in [-0.05, 0) is 106 Å². The van der Waals surface area contributed by atoms with E-state index in [1.807, 2.05) is 36.4 Å². The van der Waals surface area contributed by atoms with Gasteiger partial charge >= 0.3 is 0 Å². The number of hydrogen-bond donors (Lipinski definition) is 0. The van der Waals surface area contributed by atoms with Crippen molar-refractivity contribution in [2.24, 2.45) is 0 Å². The molecule has 0 N–H and O–H groups in total. The number of carbonyl (C=O) groups is 2. The SMILES string of the molecule is CC(C)(C)c1ccc(C(C)(C)C(Cc2cccc(C(=O)c3cc(Cl)cc(Cl)c3)c2)OC(Cc2cccc(C(=O)c3cc(Cl)cc(Cl)c3)c2)C(C)(C)c2ccc(C(C)(C)C)cc2)cc1. The van der Waals surface area contributed by atoms with E-state index in [1.165, 1.54) is 11.1 Å². The average Bonchev–Trinajstić information content (AvgIpc) is 3.21. The molecule has 0 aromatic heterocycles. The molecule has 63 heavy (non-hydrogen) atoms. The first-order valence-corrected chi connectivity index (χ1v) is 23.0. The summed E-state index contributed by atoms with van der Waals surface area (Å²) in [5.41, 5.74) is 7.58. The first kappa shape index (κ1) is 48.2. The standard InChI is InChI=1S/C56H58Cl4O3/c1-53(2,3)41-17-21-43(22-18-41)55(7,8)49(27-35-13-11-15-37(25-35)51(61)39-29-45(57)33-46(58)30-39)63-50(56(9,10)44-23-19-42(20-24-44)54(4,5)6)28-36-14-12-16-38(26-36)52(62)40-31-47(59)34-48(60)32-40/h11-26,29-34,49-50H,27-28H2,1-10H3. The fourth-order valence-electron chi connectivity index (χ4n) is 8.13. The normalized spacial score (nSPS) is 13.4. The maximum absolute atomic E-state index is 13.9. The lowest BCUT2D eigenvalue weighted by molar-refractivity contribution is -0.0753. The molecule has 6 rings (SSSR count). The van der Waals surface area contributed by atoms with Crippen molar-refractivity contribution in [2.75, 3.05) is 0 Å². The molecule has 6 aromatic rings. The van der Waals surface area contributed by atoms with Gasteiger partial charge in [-0.1, -0.05) is 201 Å². The van der Waals surface area contributed by atoms with Crippen LogP contribution in [0.4, 0.5) is 0 Å². The van der Waals surface area contributed by atoms with Gasteiger partial charge in [0.15, 0.2) is 11.6 Å². The van der Waals surface area contributed by atoms with Crippen LogP contribution in [0, 0.1) is 0 Å². The summed E-state index contributed by atoms with van der Waals surface area (Å²) in [4.78, 5) is 27.8. The van der Waals surface area contributed by atoms with Gasteiger partial charge in [0.25, 0.3) is 0 Å². The molecule has 7 heteroatoms. The van der Waals surface area contributed by atoms with Gasteiger partial charge < -0.3 is 4.74 Å². The summed E-state index contributed by atoms with van der Waals surface area (Å²) in [7, 11) is 0. The van der Waals surface area contributed by atoms with Crippen LogP contribution in [-0.2, 0) is 39.2 Å². The summed E-state index contributed by atoms with van der Waals surface area (Å²) in [6.45, 7) is 22.3. The van der Waals surface area contributed by atoms with Crippen molar-refractivity contribution >= 4 is 58.0 Å². The largest absolute Gasteiger partial charge is 0.372 e. The summed E-state index contributed by atoms with van der Waals surface area (Å²) in [6.07, 6.45) is 0.269. The lowest BCUT2D eigenvalue weighted by Gasteiger charge is -2.43. The molecule has 0 fully saturated rings. The van der Waals surface area contributed by atoms with Crippen molar-refractivity contribution in [2.45, 2.75) is 116 Å². The van der Waals surface area contributed by atoms with Gasteiger partial charge in [0, 0.05) is 53.2 Å². The van der Waals surface area contributed by atoms with Crippen LogP contribution in [0.1, 0.15) is 134 Å². The van der Waals surface area contributed by atoms with Crippen molar-refractivity contribution in [1.29, 1.82) is 0 Å². The monoisotopic (exact) mass is 918 g/mol. The van der Waals surface area contributed by atoms with E-state index < -0.39 is 10.8 Å². The number of hydrogen-bond acceptors (Lipinski definition) is 3. The van der Waals surface area contributed by atoms with E-state index in [-0.39, 0.29) is 34.6 Å². The molecule has 0 heterocycles. The van der Waals surface area contributed by atoms with E-state index in [1.54, 1.807) is 36.4 Å². The molecule has 328 valence electrons. The summed E-state index contributed by atoms with van der Waals surface area (Å²) < 4.78 is 7.69. The minimum Gasteiger partial charge on any atom is -0.372 e. The molecule has 0 amide bonds. The molecule has 0 aliphatic rings. The zero-order chi connectivity index (χ0) is 46.1. The van der Waals surface area contributed by atoms with E-state index in [0.717, 1.165) is 22.3 Å². The molecule has 6 aromatic carbocycles. The second-order valence-corrected chi connectivity index (χ2v) is 21.7. The maximum atomic E-state index is 13.9. The topological polar surface area (TPSA) is 43.4 Å². The van der Waals surface area contributed by atoms with Gasteiger partial charge in [0.2, 0.25) is 0 Å². The van der Waals surface area contributed by atoms with Crippen molar-refractivity contribution in [1.82, 2.24) is 0 Å². The fourth-order valence-corrected chi connectivity index (χ4v) is 9.18. The van der Waals surface area contributed by atoms with Gasteiger partial charge in [-0.15, -0.1) is 0 Å². The highest BCUT2D eigenvalue weighted by Crippen LogP contribution is 2.40. The van der Waals surface area contributed by atoms with Gasteiger partial charge in [-0.3, -0.25) is 9.59 Å². The van der Waals surface area contributed by atoms with Gasteiger partial charge in [-0.25, -0.2) is 0 Å². The lowest BCUT2D eigenvalue weighted by atomic mass is 9.73. The fraction of sp³-hybridized carbons (Fsp3) is 0.321. The molecule has 0 saturated carbocycles. The van der Waals surface area contributed by atoms with Gasteiger partial charge in [0.1, 0.15) is 0 Å². The van der Waals surface area contributed by atoms with Crippen LogP contribution in [0.15, 0.2) is 133 Å². The minimum atomic E-state index is -0.509. The van der Waals surface area contributed by atoms with Crippen LogP contribution in [0.3, 0.4) is 0 Å². The Morgan fingerprint density at radius 2 is 0.714 bits per heavy atom. The Morgan fingerprint density at radius 1 is 0.413 bits per heavy atom. The summed E-state index contributed by atoms with van der Waals surface area (Å²) in [5, 5.41) is 1.61. The van der Waals surface area contributed by atoms with Crippen molar-refractivity contribution < 1.29 is 14.3 Å². The Bertz CT molecular complexity index is 2370. The number of ether oxygens (including phenoxy) is 1. The Morgan fingerprint density at radius 3 is 1.02 bits per heavy atom. The number of ketones is 2. The highest BCUT2D eigenvalue weighted by molar-refractivity contribution is 6.36. The number of benzene rings is 6. The molecule has 0 aliphatic carbocycles. The highest BCUT2D eigenvalue weighted by atomic mass is 35.5. The Balaban J connectivity index is 1.45. The van der Waals surface area contributed by atoms with Crippen LogP contribution >= 0.6 is 46.4 Å². The Hall–Kier alpha value is -4.22. The second-order valence-electron chi connectivity index (χ2n) is 20.0. The third-order valence-electron chi connectivity index (χ3n) is 12.4. The zero-order valence-corrected chi connectivity index (χ0v) is 41.0. The lowest BCUT2D eigenvalue weighted by Crippen LogP contribution is -2.46. The third kappa shape index (κ3) is 11.7. The Labute approximate surface area is 395 Å². The predicted molar refractivity (Wildman–Crippen MR) is 265 cm³/mol. The van der Waals surface area contributed by atoms with E-state index >= 15 is 0 Å². The van der Waals surface area contributed by atoms with Crippen LogP contribution in [0.2, 0.25) is 20.1 Å². The Kier molecular flexibility index (Phi) is 14.6. The quantitative estimate of drug-likeness (QED) is 0.102. The van der Waals surface area contributed by atoms with Crippen LogP contribution in [0.25, 0.3) is 0 Å². The third-order valence-corrected chi connectivity index (χ3v) is 13.3. The molecule has 2 atom stereocenters. The maximum Gasteiger partial charge on any atom is 0.193 e. The van der Waals surface area contributed by atoms with Crippen molar-refractivity contribution in [3.63, 3.8) is 0 Å². The molecule has 0 aliphatic heterocycles. The molecule has 2 unspecified atom stereocenters. The minimum absolute atomic E-state index is 0.00856. The summed E-state index contributed by atoms with van der Waals surface area (Å²) in [5.74, 6) is -0.328. The molecule has 0 radical (unpaired) electrons. The van der Waals surface area contributed by atoms with E-state index in [2.05, 4.69) is 130 Å². The van der Waals surface area contributed by atoms with Crippen LogP contribution < -0.4 is 0 Å². The summed E-state index contributed by atoms with van der Waals surface area (Å²) >= 11 is 25.3. The highest BCUT2D eigenvalue weighted by Gasteiger charge is 2.40. The van der Waals surface area contributed by atoms with E-state index in [4.69, 9.17) is 51.1 Å². The van der Waals surface area contributed by atoms with Crippen LogP contribution in [-0.4, -0.2) is 23.8 Å². The smallest absolute Gasteiger partial charge is 0.193 e. The molecule has 0 saturated heterocycles. The number of halogens is 4.